The Bertz CT molecular complexity index is 55.3. The van der Waals surface area contributed by atoms with Crippen LogP contribution in [-0.4, -0.2) is 20.6 Å². The molecule has 0 aromatic rings. The van der Waals surface area contributed by atoms with Crippen molar-refractivity contribution >= 4 is 34.8 Å². The Hall–Kier alpha value is 0.750. The van der Waals surface area contributed by atoms with Crippen molar-refractivity contribution in [3.8, 4) is 0 Å². The summed E-state index contributed by atoms with van der Waals surface area (Å²) < 4.78 is -0.750. The Kier molecular flexibility index (Phi) is 13.4. The van der Waals surface area contributed by atoms with E-state index in [0.29, 0.717) is 0 Å². The second-order valence-corrected chi connectivity index (χ2v) is 3.88. The second kappa shape index (κ2) is 7.85. The van der Waals surface area contributed by atoms with Crippen LogP contribution in [0.4, 0.5) is 0 Å². The first kappa shape index (κ1) is 17.0. The van der Waals surface area contributed by atoms with Gasteiger partial charge in [-0.05, 0) is 13.8 Å². The van der Waals surface area contributed by atoms with Crippen molar-refractivity contribution in [2.45, 2.75) is 23.9 Å². The van der Waals surface area contributed by atoms with Gasteiger partial charge in [0, 0.05) is 0 Å². The number of halogens is 3. The lowest BCUT2D eigenvalue weighted by molar-refractivity contribution is 0.0881. The van der Waals surface area contributed by atoms with Crippen LogP contribution in [0.3, 0.4) is 0 Å². The van der Waals surface area contributed by atoms with E-state index >= 15 is 0 Å². The predicted molar refractivity (Wildman–Crippen MR) is 45.4 cm³/mol. The molecule has 10 heavy (non-hydrogen) atoms. The van der Waals surface area contributed by atoms with Gasteiger partial charge >= 0.3 is 0 Å². The minimum Gasteiger partial charge on any atom is -0.412 e. The molecule has 0 saturated carbocycles. The minimum atomic E-state index is -1.00. The Morgan fingerprint density at radius 1 is 1.30 bits per heavy atom. The molecule has 0 atom stereocenters. The molecule has 0 radical (unpaired) electrons. The SMILES string of the molecule is CC(C)(N)O.ClC(Cl)Cl.O. The van der Waals surface area contributed by atoms with Crippen LogP contribution in [-0.2, 0) is 0 Å². The molecule has 0 aliphatic rings. The molecule has 0 aromatic carbocycles. The van der Waals surface area contributed by atoms with Gasteiger partial charge in [-0.25, -0.2) is 0 Å². The molecule has 0 amide bonds. The Labute approximate surface area is 75.4 Å². The topological polar surface area (TPSA) is 77.8 Å². The number of alkyl halides is 3. The van der Waals surface area contributed by atoms with E-state index in [2.05, 4.69) is 0 Å². The maximum atomic E-state index is 8.30. The van der Waals surface area contributed by atoms with Crippen molar-refractivity contribution < 1.29 is 10.6 Å². The largest absolute Gasteiger partial charge is 0.412 e. The van der Waals surface area contributed by atoms with Gasteiger partial charge in [0.05, 0.1) is 0 Å². The van der Waals surface area contributed by atoms with E-state index in [9.17, 15) is 0 Å². The zero-order valence-electron chi connectivity index (χ0n) is 5.74. The lowest BCUT2D eigenvalue weighted by Crippen LogP contribution is -2.30. The number of rotatable bonds is 0. The van der Waals surface area contributed by atoms with E-state index in [1.165, 1.54) is 13.8 Å². The quantitative estimate of drug-likeness (QED) is 0.461. The summed E-state index contributed by atoms with van der Waals surface area (Å²) in [7, 11) is 0. The van der Waals surface area contributed by atoms with Crippen molar-refractivity contribution in [2.24, 2.45) is 5.73 Å². The summed E-state index contributed by atoms with van der Waals surface area (Å²) in [4.78, 5) is 0. The smallest absolute Gasteiger partial charge is 0.180 e. The number of aliphatic hydroxyl groups is 1. The standard InChI is InChI=1S/C3H9NO.CHCl3.H2O/c1-3(2,4)5;2-1(3)4;/h5H,4H2,1-2H3;1H;1H2. The summed E-state index contributed by atoms with van der Waals surface area (Å²) in [5.41, 5.74) is 3.91. The Morgan fingerprint density at radius 2 is 1.30 bits per heavy atom. The summed E-state index contributed by atoms with van der Waals surface area (Å²) >= 11 is 14.4. The highest BCUT2D eigenvalue weighted by molar-refractivity contribution is 6.63. The molecule has 0 saturated heterocycles. The van der Waals surface area contributed by atoms with Crippen LogP contribution in [0.1, 0.15) is 13.8 Å². The zero-order chi connectivity index (χ0) is 8.08. The third-order valence-corrected chi connectivity index (χ3v) is 0. The number of hydrogen-bond donors (Lipinski definition) is 2. The average Bonchev–Trinajstić information content (AvgIpc) is 1.19. The van der Waals surface area contributed by atoms with Crippen LogP contribution in [0.25, 0.3) is 0 Å². The highest BCUT2D eigenvalue weighted by atomic mass is 35.6. The molecular weight excluding hydrogens is 200 g/mol. The first-order chi connectivity index (χ1) is 3.73. The molecule has 0 bridgehead atoms. The van der Waals surface area contributed by atoms with E-state index < -0.39 is 10.0 Å². The third-order valence-electron chi connectivity index (χ3n) is 0. The summed E-state index contributed by atoms with van der Waals surface area (Å²) in [5, 5.41) is 8.30. The summed E-state index contributed by atoms with van der Waals surface area (Å²) in [5.74, 6) is 0. The van der Waals surface area contributed by atoms with E-state index in [1.807, 2.05) is 0 Å². The van der Waals surface area contributed by atoms with Gasteiger partial charge in [-0.3, -0.25) is 0 Å². The van der Waals surface area contributed by atoms with Crippen LogP contribution >= 0.6 is 34.8 Å². The van der Waals surface area contributed by atoms with Crippen LogP contribution in [0.5, 0.6) is 0 Å². The van der Waals surface area contributed by atoms with Gasteiger partial charge < -0.3 is 16.3 Å². The minimum absolute atomic E-state index is 0. The fourth-order valence-corrected chi connectivity index (χ4v) is 0. The molecule has 5 N–H and O–H groups in total. The first-order valence-corrected chi connectivity index (χ1v) is 3.48. The van der Waals surface area contributed by atoms with Gasteiger partial charge in [0.1, 0.15) is 5.72 Å². The molecule has 0 fully saturated rings. The van der Waals surface area contributed by atoms with E-state index in [4.69, 9.17) is 45.6 Å². The summed E-state index contributed by atoms with van der Waals surface area (Å²) in [6, 6.07) is 0. The van der Waals surface area contributed by atoms with Gasteiger partial charge in [-0.2, -0.15) is 0 Å². The molecule has 0 heterocycles. The number of nitrogens with two attached hydrogens (primary N) is 1. The fourth-order valence-electron chi connectivity index (χ4n) is 0. The Balaban J connectivity index is -0.0000000910. The van der Waals surface area contributed by atoms with E-state index in [1.54, 1.807) is 0 Å². The summed E-state index contributed by atoms with van der Waals surface area (Å²) in [6.07, 6.45) is 0. The third kappa shape index (κ3) is 934. The Morgan fingerprint density at radius 3 is 1.30 bits per heavy atom. The van der Waals surface area contributed by atoms with E-state index in [0.717, 1.165) is 0 Å². The maximum Gasteiger partial charge on any atom is 0.180 e. The lowest BCUT2D eigenvalue weighted by atomic mass is 10.4. The molecule has 0 spiro atoms. The van der Waals surface area contributed by atoms with Gasteiger partial charge in [0.25, 0.3) is 0 Å². The van der Waals surface area contributed by atoms with Crippen LogP contribution < -0.4 is 5.73 Å². The van der Waals surface area contributed by atoms with Crippen molar-refractivity contribution in [3.05, 3.63) is 0 Å². The molecule has 0 aromatic heterocycles. The highest BCUT2D eigenvalue weighted by Gasteiger charge is 1.98. The lowest BCUT2D eigenvalue weighted by Gasteiger charge is -2.05. The maximum absolute atomic E-state index is 8.30. The first-order valence-electron chi connectivity index (χ1n) is 2.17. The monoisotopic (exact) mass is 211 g/mol. The molecule has 0 rings (SSSR count). The predicted octanol–water partition coefficient (Wildman–Crippen LogP) is 0.835. The average molecular weight is 213 g/mol. The fraction of sp³-hybridized carbons (Fsp3) is 1.00. The second-order valence-electron chi connectivity index (χ2n) is 1.90. The van der Waals surface area contributed by atoms with Gasteiger partial charge in [0.15, 0.2) is 4.30 Å². The van der Waals surface area contributed by atoms with Crippen molar-refractivity contribution in [1.29, 1.82) is 0 Å². The van der Waals surface area contributed by atoms with Crippen molar-refractivity contribution in [2.75, 3.05) is 0 Å². The van der Waals surface area contributed by atoms with Crippen LogP contribution in [0, 0.1) is 0 Å². The molecular formula is C4H12Cl3NO2. The van der Waals surface area contributed by atoms with E-state index in [-0.39, 0.29) is 5.48 Å². The van der Waals surface area contributed by atoms with Crippen molar-refractivity contribution in [3.63, 3.8) is 0 Å². The number of hydrogen-bond acceptors (Lipinski definition) is 2. The van der Waals surface area contributed by atoms with Crippen molar-refractivity contribution in [1.82, 2.24) is 0 Å². The molecule has 6 heteroatoms. The van der Waals surface area contributed by atoms with Gasteiger partial charge in [0.2, 0.25) is 0 Å². The molecule has 3 nitrogen and oxygen atoms in total. The zero-order valence-corrected chi connectivity index (χ0v) is 8.00. The normalized spacial score (nSPS) is 9.60. The molecule has 0 aliphatic heterocycles. The summed E-state index contributed by atoms with van der Waals surface area (Å²) in [6.45, 7) is 3.04. The molecule has 66 valence electrons. The highest BCUT2D eigenvalue weighted by Crippen LogP contribution is 2.03. The molecule has 0 unspecified atom stereocenters. The van der Waals surface area contributed by atoms with Gasteiger partial charge in [-0.1, -0.05) is 34.8 Å². The van der Waals surface area contributed by atoms with Gasteiger partial charge in [-0.15, -0.1) is 0 Å². The van der Waals surface area contributed by atoms with Crippen LogP contribution in [0.15, 0.2) is 0 Å². The molecule has 0 aliphatic carbocycles. The van der Waals surface area contributed by atoms with Crippen LogP contribution in [0.2, 0.25) is 0 Å².